The van der Waals surface area contributed by atoms with Crippen molar-refractivity contribution in [1.82, 2.24) is 15.0 Å². The zero-order valence-corrected chi connectivity index (χ0v) is 31.8. The van der Waals surface area contributed by atoms with Crippen LogP contribution in [0.1, 0.15) is 0 Å². The van der Waals surface area contributed by atoms with Gasteiger partial charge in [0.15, 0.2) is 11.6 Å². The van der Waals surface area contributed by atoms with Gasteiger partial charge in [-0.2, -0.15) is 30.3 Å². The second-order valence-corrected chi connectivity index (χ2v) is 13.0. The van der Waals surface area contributed by atoms with Crippen LogP contribution in [0, 0.1) is 43.2 Å². The summed E-state index contributed by atoms with van der Waals surface area (Å²) in [5, 5.41) is 2.64. The minimum atomic E-state index is 0. The number of nitrogens with zero attached hydrogens (tertiary/aromatic N) is 3. The smallest absolute Gasteiger partial charge is 0.226 e. The van der Waals surface area contributed by atoms with Gasteiger partial charge in [0.2, 0.25) is 0 Å². The van der Waals surface area contributed by atoms with E-state index in [1.807, 2.05) is 90.2 Å². The van der Waals surface area contributed by atoms with E-state index in [9.17, 15) is 0 Å². The molecule has 7 aromatic carbocycles. The number of fused-ring (bicyclic) bond motifs is 3. The van der Waals surface area contributed by atoms with Crippen LogP contribution in [0.15, 0.2) is 164 Å². The average molecular weight is 880 g/mol. The zero-order chi connectivity index (χ0) is 32.6. The number of rotatable bonds is 6. The van der Waals surface area contributed by atoms with Gasteiger partial charge in [-0.05, 0) is 34.9 Å². The third kappa shape index (κ3) is 6.32. The van der Waals surface area contributed by atoms with Crippen molar-refractivity contribution in [3.8, 4) is 67.5 Å². The Bertz CT molecular complexity index is 2520. The molecule has 0 aliphatic carbocycles. The fourth-order valence-electron chi connectivity index (χ4n) is 6.23. The minimum absolute atomic E-state index is 0. The van der Waals surface area contributed by atoms with Gasteiger partial charge in [0.25, 0.3) is 0 Å². The third-order valence-corrected chi connectivity index (χ3v) is 9.94. The molecule has 0 saturated carbocycles. The summed E-state index contributed by atoms with van der Waals surface area (Å²) in [4.78, 5) is 14.5. The molecule has 0 radical (unpaired) electrons. The maximum Gasteiger partial charge on any atom is 2.00 e. The summed E-state index contributed by atoms with van der Waals surface area (Å²) >= 11 is 1.85. The Morgan fingerprint density at radius 3 is 1.56 bits per heavy atom. The molecule has 0 aliphatic heterocycles. The predicted molar refractivity (Wildman–Crippen MR) is 203 cm³/mol. The van der Waals surface area contributed by atoms with Gasteiger partial charge >= 0.3 is 31.1 Å². The summed E-state index contributed by atoms with van der Waals surface area (Å²) < 4.78 is 2.65. The molecule has 0 amide bonds. The van der Waals surface area contributed by atoms with Crippen molar-refractivity contribution in [2.45, 2.75) is 0 Å². The van der Waals surface area contributed by atoms with E-state index in [4.69, 9.17) is 15.0 Å². The Hall–Kier alpha value is -5.18. The standard InChI is InChI=1S/C45H27N3S.U/c1-3-10-33(11-4-1)43-46-44(34-12-5-2-6-13-34)48-45(47-43)35-24-22-31(23-25-35)37-15-9-14-36(28-37)30-18-20-32(21-19-30)38-26-27-42-40(29-38)39-16-7-8-17-41(39)49-42;/h1-14,16-22,24-29H;/q-2;+2. The van der Waals surface area contributed by atoms with Gasteiger partial charge in [-0.3, -0.25) is 0 Å². The molecule has 0 aliphatic rings. The van der Waals surface area contributed by atoms with E-state index in [1.165, 1.54) is 31.3 Å². The topological polar surface area (TPSA) is 38.7 Å². The molecule has 2 heterocycles. The minimum Gasteiger partial charge on any atom is -0.226 e. The first-order valence-corrected chi connectivity index (χ1v) is 17.0. The Balaban J connectivity index is 0.00000361. The van der Waals surface area contributed by atoms with Crippen molar-refractivity contribution in [2.24, 2.45) is 0 Å². The molecular formula is C45H27N3SU. The molecule has 0 N–H and O–H groups in total. The van der Waals surface area contributed by atoms with Crippen molar-refractivity contribution >= 4 is 31.5 Å². The fourth-order valence-corrected chi connectivity index (χ4v) is 7.32. The molecule has 0 saturated heterocycles. The van der Waals surface area contributed by atoms with Crippen LogP contribution in [-0.2, 0) is 0 Å². The van der Waals surface area contributed by atoms with E-state index in [0.29, 0.717) is 17.5 Å². The molecule has 9 aromatic rings. The quantitative estimate of drug-likeness (QED) is 0.156. The maximum absolute atomic E-state index is 4.86. The predicted octanol–water partition coefficient (Wildman–Crippen LogP) is 11.8. The van der Waals surface area contributed by atoms with E-state index < -0.39 is 0 Å². The van der Waals surface area contributed by atoms with E-state index in [-0.39, 0.29) is 31.1 Å². The third-order valence-electron chi connectivity index (χ3n) is 8.79. The van der Waals surface area contributed by atoms with E-state index >= 15 is 0 Å². The van der Waals surface area contributed by atoms with Crippen molar-refractivity contribution in [3.63, 3.8) is 0 Å². The first-order valence-electron chi connectivity index (χ1n) is 16.2. The van der Waals surface area contributed by atoms with Gasteiger partial charge in [-0.15, -0.1) is 35.1 Å². The number of hydrogen-bond acceptors (Lipinski definition) is 4. The van der Waals surface area contributed by atoms with Crippen LogP contribution in [0.25, 0.3) is 87.7 Å². The number of benzene rings is 7. The number of thiophene rings is 1. The first kappa shape index (κ1) is 32.1. The second-order valence-electron chi connectivity index (χ2n) is 11.9. The summed E-state index contributed by atoms with van der Waals surface area (Å²) in [6.07, 6.45) is 0. The van der Waals surface area contributed by atoms with Crippen LogP contribution < -0.4 is 0 Å². The monoisotopic (exact) mass is 879 g/mol. The fraction of sp³-hybridized carbons (Fsp3) is 0. The van der Waals surface area contributed by atoms with Crippen molar-refractivity contribution < 1.29 is 31.1 Å². The van der Waals surface area contributed by atoms with Crippen LogP contribution in [0.3, 0.4) is 0 Å². The van der Waals surface area contributed by atoms with E-state index in [1.54, 1.807) is 0 Å². The number of hydrogen-bond donors (Lipinski definition) is 0. The summed E-state index contributed by atoms with van der Waals surface area (Å²) in [6.45, 7) is 0. The van der Waals surface area contributed by atoms with Crippen molar-refractivity contribution in [2.75, 3.05) is 0 Å². The second kappa shape index (κ2) is 14.0. The van der Waals surface area contributed by atoms with Crippen molar-refractivity contribution in [1.29, 1.82) is 0 Å². The molecule has 0 atom stereocenters. The summed E-state index contributed by atoms with van der Waals surface area (Å²) in [6, 6.07) is 63.5. The van der Waals surface area contributed by atoms with Crippen LogP contribution in [0.4, 0.5) is 0 Å². The van der Waals surface area contributed by atoms with Gasteiger partial charge < -0.3 is 0 Å². The molecule has 0 bridgehead atoms. The summed E-state index contributed by atoms with van der Waals surface area (Å²) in [5.41, 5.74) is 9.43. The largest absolute Gasteiger partial charge is 2.00 e. The van der Waals surface area contributed by atoms with Crippen LogP contribution in [0.5, 0.6) is 0 Å². The zero-order valence-electron chi connectivity index (χ0n) is 26.8. The molecule has 0 fully saturated rings. The Morgan fingerprint density at radius 1 is 0.380 bits per heavy atom. The maximum atomic E-state index is 4.86. The van der Waals surface area contributed by atoms with E-state index in [0.717, 1.165) is 38.9 Å². The molecule has 232 valence electrons. The van der Waals surface area contributed by atoms with Gasteiger partial charge in [-0.1, -0.05) is 115 Å². The normalized spacial score (nSPS) is 11.0. The van der Waals surface area contributed by atoms with Crippen LogP contribution >= 0.6 is 11.3 Å². The SMILES string of the molecule is [U+2].[c-]1cc(-c2nc(-c3ccccc3)nc(-c3ccccc3)n2)ccc1-c1[c-]ccc(-c2ccc(-c3ccc4sc5ccccc5c4c3)cc2)c1. The Kier molecular flexibility index (Phi) is 8.96. The average Bonchev–Trinajstić information content (AvgIpc) is 3.57. The van der Waals surface area contributed by atoms with E-state index in [2.05, 4.69) is 97.1 Å². The van der Waals surface area contributed by atoms with Gasteiger partial charge in [0, 0.05) is 31.3 Å². The first-order chi connectivity index (χ1) is 24.2. The molecule has 9 rings (SSSR count). The Morgan fingerprint density at radius 2 is 0.920 bits per heavy atom. The van der Waals surface area contributed by atoms with Gasteiger partial charge in [0.1, 0.15) is 5.82 Å². The summed E-state index contributed by atoms with van der Waals surface area (Å²) in [7, 11) is 0. The van der Waals surface area contributed by atoms with Gasteiger partial charge in [0.05, 0.1) is 0 Å². The van der Waals surface area contributed by atoms with Gasteiger partial charge in [-0.25, -0.2) is 26.1 Å². The molecule has 0 unspecified atom stereocenters. The molecule has 5 heteroatoms. The summed E-state index contributed by atoms with van der Waals surface area (Å²) in [5.74, 6) is 1.89. The Labute approximate surface area is 318 Å². The number of aromatic nitrogens is 3. The van der Waals surface area contributed by atoms with Crippen LogP contribution in [-0.4, -0.2) is 15.0 Å². The molecular weight excluding hydrogens is 853 g/mol. The van der Waals surface area contributed by atoms with Crippen molar-refractivity contribution in [3.05, 3.63) is 176 Å². The molecule has 0 spiro atoms. The molecule has 50 heavy (non-hydrogen) atoms. The molecule has 2 aromatic heterocycles. The van der Waals surface area contributed by atoms with Crippen LogP contribution in [0.2, 0.25) is 0 Å². The molecule has 3 nitrogen and oxygen atoms in total.